The van der Waals surface area contributed by atoms with Gasteiger partial charge in [0.25, 0.3) is 5.97 Å². The highest BCUT2D eigenvalue weighted by molar-refractivity contribution is 5.62. The third-order valence-electron chi connectivity index (χ3n) is 1.26. The molecule has 1 atom stereocenters. The normalized spacial score (nSPS) is 13.0. The minimum absolute atomic E-state index is 0.0907. The lowest BCUT2D eigenvalue weighted by Crippen LogP contribution is -1.98. The summed E-state index contributed by atoms with van der Waals surface area (Å²) in [7, 11) is 1.46. The summed E-state index contributed by atoms with van der Waals surface area (Å²) >= 11 is 0. The fourth-order valence-electron chi connectivity index (χ4n) is 0.658. The first-order valence-electron chi connectivity index (χ1n) is 4.27. The lowest BCUT2D eigenvalue weighted by molar-refractivity contribution is -0.134. The lowest BCUT2D eigenvalue weighted by atomic mass is 10.2. The second kappa shape index (κ2) is 10.7. The van der Waals surface area contributed by atoms with E-state index in [0.29, 0.717) is 5.76 Å². The molecule has 0 aromatic heterocycles. The molecule has 0 aliphatic carbocycles. The van der Waals surface area contributed by atoms with Crippen LogP contribution in [0.4, 0.5) is 8.78 Å². The van der Waals surface area contributed by atoms with Crippen LogP contribution in [0, 0.1) is 0 Å². The summed E-state index contributed by atoms with van der Waals surface area (Å²) in [5, 5.41) is 7.42. The number of methoxy groups -OCH3 is 1. The third kappa shape index (κ3) is 15.4. The van der Waals surface area contributed by atoms with Crippen LogP contribution in [0.3, 0.4) is 0 Å². The number of aliphatic carboxylic acids is 1. The molecule has 0 heterocycles. The first-order chi connectivity index (χ1) is 6.97. The van der Waals surface area contributed by atoms with Crippen molar-refractivity contribution in [3.05, 3.63) is 24.2 Å². The van der Waals surface area contributed by atoms with Crippen LogP contribution in [0.1, 0.15) is 20.3 Å². The summed E-state index contributed by atoms with van der Waals surface area (Å²) in [6.45, 7) is 2.82. The number of allylic oxidation sites excluding steroid dienone is 3. The monoisotopic (exact) mass is 222 g/mol. The highest BCUT2D eigenvalue weighted by Crippen LogP contribution is 2.10. The molecule has 0 aromatic carbocycles. The molecule has 0 amide bonds. The van der Waals surface area contributed by atoms with Crippen molar-refractivity contribution in [2.24, 2.45) is 0 Å². The molecular formula is C10H16F2O3. The zero-order chi connectivity index (χ0) is 12.3. The Morgan fingerprint density at radius 3 is 2.33 bits per heavy atom. The Balaban J connectivity index is 0. The predicted octanol–water partition coefficient (Wildman–Crippen LogP) is 2.84. The van der Waals surface area contributed by atoms with Gasteiger partial charge in [-0.1, -0.05) is 0 Å². The van der Waals surface area contributed by atoms with Gasteiger partial charge in [0.15, 0.2) is 0 Å². The van der Waals surface area contributed by atoms with E-state index in [9.17, 15) is 8.78 Å². The Bertz CT molecular complexity index is 221. The molecule has 5 heteroatoms. The molecule has 88 valence electrons. The van der Waals surface area contributed by atoms with Crippen LogP contribution in [0.5, 0.6) is 0 Å². The number of ether oxygens (including phenoxy) is 1. The summed E-state index contributed by atoms with van der Waals surface area (Å²) in [6, 6.07) is 0. The van der Waals surface area contributed by atoms with Crippen LogP contribution in [0.25, 0.3) is 0 Å². The molecule has 1 unspecified atom stereocenters. The Hall–Kier alpha value is -1.39. The van der Waals surface area contributed by atoms with Crippen molar-refractivity contribution in [2.45, 2.75) is 26.4 Å². The number of alkyl halides is 1. The maximum Gasteiger partial charge on any atom is 0.300 e. The van der Waals surface area contributed by atoms with Gasteiger partial charge in [0.05, 0.1) is 19.2 Å². The lowest BCUT2D eigenvalue weighted by Gasteiger charge is -2.05. The van der Waals surface area contributed by atoms with Gasteiger partial charge in [-0.3, -0.25) is 4.79 Å². The second-order valence-corrected chi connectivity index (χ2v) is 2.52. The fraction of sp³-hybridized carbons (Fsp3) is 0.500. The summed E-state index contributed by atoms with van der Waals surface area (Å²) < 4.78 is 28.8. The number of carboxylic acid groups (broad SMARTS) is 1. The van der Waals surface area contributed by atoms with Crippen molar-refractivity contribution in [2.75, 3.05) is 7.11 Å². The second-order valence-electron chi connectivity index (χ2n) is 2.52. The number of carbonyl (C=O) groups is 1. The van der Waals surface area contributed by atoms with Gasteiger partial charge < -0.3 is 9.84 Å². The molecule has 0 saturated heterocycles. The molecule has 0 aliphatic heterocycles. The van der Waals surface area contributed by atoms with Gasteiger partial charge in [0.2, 0.25) is 0 Å². The molecule has 0 aromatic rings. The summed E-state index contributed by atoms with van der Waals surface area (Å²) in [4.78, 5) is 9.00. The topological polar surface area (TPSA) is 46.5 Å². The maximum atomic E-state index is 12.6. The number of halogens is 2. The van der Waals surface area contributed by atoms with E-state index in [-0.39, 0.29) is 12.8 Å². The summed E-state index contributed by atoms with van der Waals surface area (Å²) in [6.07, 6.45) is 1.49. The quantitative estimate of drug-likeness (QED) is 0.744. The number of carboxylic acids is 1. The van der Waals surface area contributed by atoms with Crippen LogP contribution in [0.2, 0.25) is 0 Å². The zero-order valence-corrected chi connectivity index (χ0v) is 9.04. The minimum atomic E-state index is -1.30. The number of rotatable bonds is 4. The van der Waals surface area contributed by atoms with E-state index in [1.54, 1.807) is 13.0 Å². The van der Waals surface area contributed by atoms with E-state index in [2.05, 4.69) is 0 Å². The van der Waals surface area contributed by atoms with Crippen molar-refractivity contribution in [1.29, 1.82) is 0 Å². The first-order valence-corrected chi connectivity index (χ1v) is 4.27. The average Bonchev–Trinajstić information content (AvgIpc) is 2.13. The number of hydrogen-bond donors (Lipinski definition) is 1. The largest absolute Gasteiger partial charge is 0.501 e. The van der Waals surface area contributed by atoms with Gasteiger partial charge in [-0.2, -0.15) is 0 Å². The van der Waals surface area contributed by atoms with Crippen LogP contribution < -0.4 is 0 Å². The fourth-order valence-corrected chi connectivity index (χ4v) is 0.658. The van der Waals surface area contributed by atoms with Crippen molar-refractivity contribution in [3.8, 4) is 0 Å². The molecule has 3 nitrogen and oxygen atoms in total. The Labute approximate surface area is 88.1 Å². The number of hydrogen-bond acceptors (Lipinski definition) is 2. The van der Waals surface area contributed by atoms with Crippen molar-refractivity contribution >= 4 is 5.97 Å². The molecule has 15 heavy (non-hydrogen) atoms. The van der Waals surface area contributed by atoms with E-state index in [1.165, 1.54) is 7.11 Å². The minimum Gasteiger partial charge on any atom is -0.501 e. The summed E-state index contributed by atoms with van der Waals surface area (Å²) in [5.74, 6) is -0.310. The van der Waals surface area contributed by atoms with Gasteiger partial charge in [-0.25, -0.2) is 8.78 Å². The Kier molecular flexibility index (Phi) is 11.4. The maximum absolute atomic E-state index is 12.6. The highest BCUT2D eigenvalue weighted by Gasteiger charge is 2.04. The van der Waals surface area contributed by atoms with E-state index >= 15 is 0 Å². The molecule has 0 fully saturated rings. The van der Waals surface area contributed by atoms with Crippen LogP contribution in [-0.4, -0.2) is 24.4 Å². The van der Waals surface area contributed by atoms with Crippen molar-refractivity contribution < 1.29 is 23.4 Å². The average molecular weight is 222 g/mol. The SMILES string of the molecule is C/C=C(\CC(F)/C=C/F)OC.CC(=O)O. The Morgan fingerprint density at radius 1 is 1.60 bits per heavy atom. The third-order valence-corrected chi connectivity index (χ3v) is 1.26. The molecule has 0 bridgehead atoms. The molecule has 0 spiro atoms. The highest BCUT2D eigenvalue weighted by atomic mass is 19.1. The van der Waals surface area contributed by atoms with Gasteiger partial charge >= 0.3 is 0 Å². The van der Waals surface area contributed by atoms with E-state index in [0.717, 1.165) is 13.0 Å². The van der Waals surface area contributed by atoms with Gasteiger partial charge in [0, 0.05) is 13.3 Å². The summed E-state index contributed by atoms with van der Waals surface area (Å²) in [5.41, 5.74) is 0. The van der Waals surface area contributed by atoms with Crippen molar-refractivity contribution in [3.63, 3.8) is 0 Å². The van der Waals surface area contributed by atoms with Crippen LogP contribution in [0.15, 0.2) is 24.2 Å². The van der Waals surface area contributed by atoms with Crippen LogP contribution in [-0.2, 0) is 9.53 Å². The molecule has 0 rings (SSSR count). The first kappa shape index (κ1) is 16.1. The molecular weight excluding hydrogens is 206 g/mol. The predicted molar refractivity (Wildman–Crippen MR) is 53.8 cm³/mol. The molecule has 0 aliphatic rings. The van der Waals surface area contributed by atoms with Crippen molar-refractivity contribution in [1.82, 2.24) is 0 Å². The smallest absolute Gasteiger partial charge is 0.300 e. The van der Waals surface area contributed by atoms with E-state index in [1.807, 2.05) is 0 Å². The Morgan fingerprint density at radius 2 is 2.07 bits per heavy atom. The van der Waals surface area contributed by atoms with Crippen LogP contribution >= 0.6 is 0 Å². The standard InChI is InChI=1S/C8H12F2O.C2H4O2/c1-3-8(11-2)6-7(10)4-5-9;1-2(3)4/h3-5,7H,6H2,1-2H3;1H3,(H,3,4)/b5-4+,8-3+;. The van der Waals surface area contributed by atoms with E-state index < -0.39 is 12.1 Å². The zero-order valence-electron chi connectivity index (χ0n) is 9.04. The molecule has 1 N–H and O–H groups in total. The van der Waals surface area contributed by atoms with E-state index in [4.69, 9.17) is 14.6 Å². The van der Waals surface area contributed by atoms with Gasteiger partial charge in [-0.05, 0) is 19.1 Å². The molecule has 0 saturated carbocycles. The molecule has 0 radical (unpaired) electrons. The van der Waals surface area contributed by atoms with Gasteiger partial charge in [-0.15, -0.1) is 0 Å². The van der Waals surface area contributed by atoms with Gasteiger partial charge in [0.1, 0.15) is 6.17 Å².